The van der Waals surface area contributed by atoms with Crippen molar-refractivity contribution in [1.29, 1.82) is 0 Å². The van der Waals surface area contributed by atoms with Crippen LogP contribution in [0.3, 0.4) is 0 Å². The molecule has 0 saturated heterocycles. The van der Waals surface area contributed by atoms with E-state index in [2.05, 4.69) is 15.0 Å². The van der Waals surface area contributed by atoms with Crippen LogP contribution in [-0.2, 0) is 11.3 Å². The molecular formula is C19H22ClN5O2. The fraction of sp³-hybridized carbons (Fsp3) is 0.368. The van der Waals surface area contributed by atoms with Gasteiger partial charge in [0.2, 0.25) is 5.91 Å². The summed E-state index contributed by atoms with van der Waals surface area (Å²) in [5.41, 5.74) is 1.34. The summed E-state index contributed by atoms with van der Waals surface area (Å²) >= 11 is 5.93. The second-order valence-electron chi connectivity index (χ2n) is 6.33. The Balaban J connectivity index is 1.96. The van der Waals surface area contributed by atoms with Crippen LogP contribution in [0.25, 0.3) is 22.6 Å². The van der Waals surface area contributed by atoms with Gasteiger partial charge in [-0.05, 0) is 37.1 Å². The molecule has 27 heavy (non-hydrogen) atoms. The number of nitrogens with one attached hydrogen (secondary N) is 1. The van der Waals surface area contributed by atoms with Crippen LogP contribution >= 0.6 is 11.6 Å². The Morgan fingerprint density at radius 3 is 2.48 bits per heavy atom. The van der Waals surface area contributed by atoms with E-state index in [1.54, 1.807) is 23.2 Å². The van der Waals surface area contributed by atoms with Gasteiger partial charge in [-0.2, -0.15) is 0 Å². The molecule has 3 aromatic rings. The van der Waals surface area contributed by atoms with Crippen molar-refractivity contribution in [3.05, 3.63) is 46.0 Å². The molecule has 0 spiro atoms. The summed E-state index contributed by atoms with van der Waals surface area (Å²) in [7, 11) is 0. The van der Waals surface area contributed by atoms with E-state index in [1.807, 2.05) is 26.0 Å². The highest BCUT2D eigenvalue weighted by molar-refractivity contribution is 6.30. The number of aromatic nitrogens is 4. The molecule has 7 nitrogen and oxygen atoms in total. The van der Waals surface area contributed by atoms with Crippen LogP contribution in [-0.4, -0.2) is 43.4 Å². The molecule has 8 heteroatoms. The highest BCUT2D eigenvalue weighted by Crippen LogP contribution is 2.19. The predicted octanol–water partition coefficient (Wildman–Crippen LogP) is 3.09. The lowest BCUT2D eigenvalue weighted by Crippen LogP contribution is -2.37. The number of rotatable bonds is 7. The number of nitrogens with zero attached hydrogens (tertiary/aromatic N) is 4. The fourth-order valence-electron chi connectivity index (χ4n) is 2.97. The number of aromatic amines is 1. The third-order valence-corrected chi connectivity index (χ3v) is 4.50. The standard InChI is InChI=1S/C19H22ClN5O2/c1-3-9-24(10-4-2)16(26)12-25-18-15(22-19(25)27)11-21-17(23-18)13-5-7-14(20)8-6-13/h5-8,11H,3-4,9-10,12H2,1-2H3,(H,22,27). The minimum Gasteiger partial charge on any atom is -0.341 e. The summed E-state index contributed by atoms with van der Waals surface area (Å²) in [6, 6.07) is 7.14. The molecule has 1 aromatic carbocycles. The van der Waals surface area contributed by atoms with Crippen molar-refractivity contribution in [1.82, 2.24) is 24.4 Å². The molecule has 0 radical (unpaired) electrons. The zero-order valence-electron chi connectivity index (χ0n) is 15.4. The summed E-state index contributed by atoms with van der Waals surface area (Å²) in [6.45, 7) is 5.36. The Bertz CT molecular complexity index is 987. The lowest BCUT2D eigenvalue weighted by Gasteiger charge is -2.21. The van der Waals surface area contributed by atoms with Crippen molar-refractivity contribution in [2.24, 2.45) is 0 Å². The van der Waals surface area contributed by atoms with Crippen LogP contribution in [0.2, 0.25) is 5.02 Å². The normalized spacial score (nSPS) is 11.1. The number of carbonyl (C=O) groups is 1. The number of halogens is 1. The van der Waals surface area contributed by atoms with Gasteiger partial charge in [0.05, 0.1) is 6.20 Å². The van der Waals surface area contributed by atoms with E-state index in [0.29, 0.717) is 35.1 Å². The number of H-pyrrole nitrogens is 1. The SMILES string of the molecule is CCCN(CCC)C(=O)Cn1c(=O)[nH]c2cnc(-c3ccc(Cl)cc3)nc21. The third-order valence-electron chi connectivity index (χ3n) is 4.25. The molecule has 0 aliphatic carbocycles. The monoisotopic (exact) mass is 387 g/mol. The molecule has 0 aliphatic rings. The van der Waals surface area contributed by atoms with Crippen LogP contribution in [0.15, 0.2) is 35.3 Å². The van der Waals surface area contributed by atoms with Crippen molar-refractivity contribution >= 4 is 28.7 Å². The molecule has 3 rings (SSSR count). The molecule has 1 amide bonds. The molecule has 1 N–H and O–H groups in total. The average Bonchev–Trinajstić information content (AvgIpc) is 2.97. The van der Waals surface area contributed by atoms with E-state index < -0.39 is 0 Å². The van der Waals surface area contributed by atoms with Crippen LogP contribution in [0.5, 0.6) is 0 Å². The average molecular weight is 388 g/mol. The minimum absolute atomic E-state index is 0.0457. The van der Waals surface area contributed by atoms with Crippen LogP contribution in [0.4, 0.5) is 0 Å². The topological polar surface area (TPSA) is 83.9 Å². The molecule has 0 bridgehead atoms. The molecule has 0 unspecified atom stereocenters. The smallest absolute Gasteiger partial charge is 0.328 e. The second kappa shape index (κ2) is 8.35. The predicted molar refractivity (Wildman–Crippen MR) is 106 cm³/mol. The Kier molecular flexibility index (Phi) is 5.91. The first kappa shape index (κ1) is 19.1. The van der Waals surface area contributed by atoms with Crippen molar-refractivity contribution < 1.29 is 4.79 Å². The maximum Gasteiger partial charge on any atom is 0.328 e. The first-order chi connectivity index (χ1) is 13.0. The van der Waals surface area contributed by atoms with Gasteiger partial charge < -0.3 is 9.88 Å². The first-order valence-corrected chi connectivity index (χ1v) is 9.40. The molecular weight excluding hydrogens is 366 g/mol. The van der Waals surface area contributed by atoms with E-state index in [9.17, 15) is 9.59 Å². The number of hydrogen-bond donors (Lipinski definition) is 1. The van der Waals surface area contributed by atoms with Gasteiger partial charge in [-0.1, -0.05) is 25.4 Å². The summed E-state index contributed by atoms with van der Waals surface area (Å²) < 4.78 is 1.37. The van der Waals surface area contributed by atoms with Gasteiger partial charge in [0.1, 0.15) is 12.1 Å². The van der Waals surface area contributed by atoms with Gasteiger partial charge >= 0.3 is 5.69 Å². The van der Waals surface area contributed by atoms with Crippen LogP contribution < -0.4 is 5.69 Å². The highest BCUT2D eigenvalue weighted by atomic mass is 35.5. The lowest BCUT2D eigenvalue weighted by atomic mass is 10.2. The van der Waals surface area contributed by atoms with Gasteiger partial charge in [0.15, 0.2) is 11.5 Å². The van der Waals surface area contributed by atoms with Gasteiger partial charge in [-0.3, -0.25) is 9.36 Å². The Labute approximate surface area is 162 Å². The number of hydrogen-bond acceptors (Lipinski definition) is 4. The van der Waals surface area contributed by atoms with Crippen molar-refractivity contribution in [3.8, 4) is 11.4 Å². The van der Waals surface area contributed by atoms with Crippen molar-refractivity contribution in [2.75, 3.05) is 13.1 Å². The Morgan fingerprint density at radius 2 is 1.85 bits per heavy atom. The zero-order valence-corrected chi connectivity index (χ0v) is 16.2. The molecule has 0 fully saturated rings. The number of imidazole rings is 1. The molecule has 2 heterocycles. The number of amides is 1. The van der Waals surface area contributed by atoms with Gasteiger partial charge in [0.25, 0.3) is 0 Å². The van der Waals surface area contributed by atoms with Crippen LogP contribution in [0, 0.1) is 0 Å². The van der Waals surface area contributed by atoms with Crippen molar-refractivity contribution in [2.45, 2.75) is 33.2 Å². The number of carbonyl (C=O) groups excluding carboxylic acids is 1. The molecule has 2 aromatic heterocycles. The summed E-state index contributed by atoms with van der Waals surface area (Å²) in [5.74, 6) is 0.381. The van der Waals surface area contributed by atoms with E-state index in [-0.39, 0.29) is 18.1 Å². The summed E-state index contributed by atoms with van der Waals surface area (Å²) in [4.78, 5) is 38.3. The third kappa shape index (κ3) is 4.19. The quantitative estimate of drug-likeness (QED) is 0.675. The zero-order chi connectivity index (χ0) is 19.4. The first-order valence-electron chi connectivity index (χ1n) is 9.02. The largest absolute Gasteiger partial charge is 0.341 e. The van der Waals surface area contributed by atoms with E-state index in [0.717, 1.165) is 18.4 Å². The van der Waals surface area contributed by atoms with Gasteiger partial charge in [-0.25, -0.2) is 14.8 Å². The summed E-state index contributed by atoms with van der Waals surface area (Å²) in [5, 5.41) is 0.621. The Hall–Kier alpha value is -2.67. The second-order valence-corrected chi connectivity index (χ2v) is 6.77. The van der Waals surface area contributed by atoms with E-state index in [4.69, 9.17) is 11.6 Å². The fourth-order valence-corrected chi connectivity index (χ4v) is 3.09. The van der Waals surface area contributed by atoms with Crippen molar-refractivity contribution in [3.63, 3.8) is 0 Å². The lowest BCUT2D eigenvalue weighted by molar-refractivity contribution is -0.131. The van der Waals surface area contributed by atoms with Crippen LogP contribution in [0.1, 0.15) is 26.7 Å². The number of benzene rings is 1. The molecule has 0 saturated carbocycles. The number of fused-ring (bicyclic) bond motifs is 1. The van der Waals surface area contributed by atoms with Gasteiger partial charge in [0, 0.05) is 23.7 Å². The maximum atomic E-state index is 12.7. The maximum absolute atomic E-state index is 12.7. The highest BCUT2D eigenvalue weighted by Gasteiger charge is 2.17. The molecule has 0 atom stereocenters. The molecule has 142 valence electrons. The van der Waals surface area contributed by atoms with E-state index in [1.165, 1.54) is 4.57 Å². The minimum atomic E-state index is -0.367. The van der Waals surface area contributed by atoms with E-state index >= 15 is 0 Å². The molecule has 0 aliphatic heterocycles. The Morgan fingerprint density at radius 1 is 1.19 bits per heavy atom. The van der Waals surface area contributed by atoms with Gasteiger partial charge in [-0.15, -0.1) is 0 Å². The summed E-state index contributed by atoms with van der Waals surface area (Å²) in [6.07, 6.45) is 3.30.